The largest absolute Gasteiger partial charge is 0.314 e. The molecule has 100 valence electrons. The maximum atomic E-state index is 3.69. The molecule has 0 saturated heterocycles. The topological polar surface area (TPSA) is 12.0 Å². The molecule has 0 aromatic rings. The third-order valence-electron chi connectivity index (χ3n) is 4.96. The summed E-state index contributed by atoms with van der Waals surface area (Å²) in [6, 6.07) is 0.642. The second-order valence-corrected chi connectivity index (χ2v) is 7.29. The highest BCUT2D eigenvalue weighted by Gasteiger charge is 2.42. The highest BCUT2D eigenvalue weighted by molar-refractivity contribution is 4.93. The summed E-state index contributed by atoms with van der Waals surface area (Å²) in [5.74, 6) is 5.01. The van der Waals surface area contributed by atoms with Gasteiger partial charge in [-0.15, -0.1) is 0 Å². The Morgan fingerprint density at radius 3 is 2.29 bits per heavy atom. The molecule has 2 bridgehead atoms. The Balaban J connectivity index is 1.90. The first-order valence-corrected chi connectivity index (χ1v) is 7.79. The third kappa shape index (κ3) is 3.47. The molecule has 1 nitrogen and oxygen atoms in total. The Kier molecular flexibility index (Phi) is 4.52. The van der Waals surface area contributed by atoms with Crippen LogP contribution >= 0.6 is 0 Å². The Morgan fingerprint density at radius 2 is 1.82 bits per heavy atom. The molecule has 0 aliphatic heterocycles. The first kappa shape index (κ1) is 13.4. The van der Waals surface area contributed by atoms with E-state index < -0.39 is 0 Å². The number of rotatable bonds is 6. The van der Waals surface area contributed by atoms with Crippen molar-refractivity contribution >= 4 is 0 Å². The van der Waals surface area contributed by atoms with Crippen molar-refractivity contribution in [3.05, 3.63) is 0 Å². The smallest absolute Gasteiger partial charge is 0.00104 e. The van der Waals surface area contributed by atoms with E-state index in [1.54, 1.807) is 12.8 Å². The molecule has 1 N–H and O–H groups in total. The van der Waals surface area contributed by atoms with Gasteiger partial charge in [0.05, 0.1) is 0 Å². The van der Waals surface area contributed by atoms with E-state index in [1.807, 2.05) is 0 Å². The Bertz CT molecular complexity index is 234. The van der Waals surface area contributed by atoms with Crippen molar-refractivity contribution in [3.8, 4) is 0 Å². The first-order valence-electron chi connectivity index (χ1n) is 7.79. The zero-order valence-electron chi connectivity index (χ0n) is 12.2. The molecule has 0 aromatic heterocycles. The zero-order valence-corrected chi connectivity index (χ0v) is 12.2. The number of fused-ring (bicyclic) bond motifs is 2. The van der Waals surface area contributed by atoms with Crippen molar-refractivity contribution in [1.29, 1.82) is 0 Å². The lowest BCUT2D eigenvalue weighted by Crippen LogP contribution is -2.35. The van der Waals surface area contributed by atoms with Crippen LogP contribution in [-0.2, 0) is 0 Å². The summed E-state index contributed by atoms with van der Waals surface area (Å²) >= 11 is 0. The molecule has 4 unspecified atom stereocenters. The molecule has 0 heterocycles. The van der Waals surface area contributed by atoms with Gasteiger partial charge in [-0.1, -0.05) is 34.1 Å². The van der Waals surface area contributed by atoms with E-state index in [2.05, 4.69) is 33.0 Å². The van der Waals surface area contributed by atoms with Gasteiger partial charge in [0, 0.05) is 6.04 Å². The van der Waals surface area contributed by atoms with Crippen LogP contribution in [0.3, 0.4) is 0 Å². The van der Waals surface area contributed by atoms with Gasteiger partial charge in [-0.2, -0.15) is 0 Å². The first-order chi connectivity index (χ1) is 8.06. The van der Waals surface area contributed by atoms with E-state index >= 15 is 0 Å². The van der Waals surface area contributed by atoms with Crippen LogP contribution in [0.4, 0.5) is 0 Å². The minimum atomic E-state index is 0.642. The molecule has 2 aliphatic rings. The van der Waals surface area contributed by atoms with Gasteiger partial charge in [0.1, 0.15) is 0 Å². The molecule has 1 heteroatoms. The number of hydrogen-bond donors (Lipinski definition) is 1. The van der Waals surface area contributed by atoms with E-state index in [4.69, 9.17) is 0 Å². The molecular weight excluding hydrogens is 206 g/mol. The van der Waals surface area contributed by atoms with Crippen LogP contribution < -0.4 is 5.32 Å². The van der Waals surface area contributed by atoms with Gasteiger partial charge < -0.3 is 5.32 Å². The molecule has 0 aromatic carbocycles. The van der Waals surface area contributed by atoms with E-state index in [-0.39, 0.29) is 0 Å². The fourth-order valence-electron chi connectivity index (χ4n) is 4.27. The third-order valence-corrected chi connectivity index (χ3v) is 4.96. The predicted molar refractivity (Wildman–Crippen MR) is 75.0 cm³/mol. The molecule has 0 radical (unpaired) electrons. The van der Waals surface area contributed by atoms with E-state index in [0.29, 0.717) is 6.04 Å². The second kappa shape index (κ2) is 5.73. The number of hydrogen-bond acceptors (Lipinski definition) is 1. The standard InChI is InChI=1S/C16H31N/c1-11(2)7-15(10-17-12(3)4)16-9-13-5-6-14(16)8-13/h11-17H,5-10H2,1-4H3. The minimum absolute atomic E-state index is 0.642. The highest BCUT2D eigenvalue weighted by Crippen LogP contribution is 2.51. The van der Waals surface area contributed by atoms with E-state index in [1.165, 1.54) is 25.8 Å². The second-order valence-electron chi connectivity index (χ2n) is 7.29. The Hall–Kier alpha value is -0.0400. The minimum Gasteiger partial charge on any atom is -0.314 e. The van der Waals surface area contributed by atoms with Crippen LogP contribution in [0.15, 0.2) is 0 Å². The monoisotopic (exact) mass is 237 g/mol. The van der Waals surface area contributed by atoms with Crippen molar-refractivity contribution in [2.24, 2.45) is 29.6 Å². The van der Waals surface area contributed by atoms with Crippen molar-refractivity contribution in [2.75, 3.05) is 6.54 Å². The maximum Gasteiger partial charge on any atom is 0.00104 e. The summed E-state index contributed by atoms with van der Waals surface area (Å²) in [5, 5.41) is 3.69. The fourth-order valence-corrected chi connectivity index (χ4v) is 4.27. The molecule has 2 fully saturated rings. The molecule has 0 amide bonds. The molecule has 2 rings (SSSR count). The lowest BCUT2D eigenvalue weighted by Gasteiger charge is -2.32. The molecule has 17 heavy (non-hydrogen) atoms. The van der Waals surface area contributed by atoms with Crippen LogP contribution in [0.5, 0.6) is 0 Å². The Morgan fingerprint density at radius 1 is 1.06 bits per heavy atom. The fraction of sp³-hybridized carbons (Fsp3) is 1.00. The quantitative estimate of drug-likeness (QED) is 0.734. The summed E-state index contributed by atoms with van der Waals surface area (Å²) in [5.41, 5.74) is 0. The summed E-state index contributed by atoms with van der Waals surface area (Å²) in [6.07, 6.45) is 7.59. The van der Waals surface area contributed by atoms with Crippen LogP contribution in [0.1, 0.15) is 59.8 Å². The lowest BCUT2D eigenvalue weighted by molar-refractivity contribution is 0.192. The average Bonchev–Trinajstić information content (AvgIpc) is 2.84. The van der Waals surface area contributed by atoms with Gasteiger partial charge >= 0.3 is 0 Å². The van der Waals surface area contributed by atoms with Gasteiger partial charge in [0.2, 0.25) is 0 Å². The summed E-state index contributed by atoms with van der Waals surface area (Å²) < 4.78 is 0. The lowest BCUT2D eigenvalue weighted by atomic mass is 9.76. The van der Waals surface area contributed by atoms with Crippen LogP contribution in [0, 0.1) is 29.6 Å². The van der Waals surface area contributed by atoms with Crippen molar-refractivity contribution < 1.29 is 0 Å². The molecular formula is C16H31N. The van der Waals surface area contributed by atoms with Gasteiger partial charge in [0.25, 0.3) is 0 Å². The van der Waals surface area contributed by atoms with Crippen molar-refractivity contribution in [2.45, 2.75) is 65.8 Å². The van der Waals surface area contributed by atoms with Crippen LogP contribution in [0.25, 0.3) is 0 Å². The maximum absolute atomic E-state index is 3.69. The molecule has 4 atom stereocenters. The molecule has 2 saturated carbocycles. The average molecular weight is 237 g/mol. The van der Waals surface area contributed by atoms with Gasteiger partial charge in [0.15, 0.2) is 0 Å². The predicted octanol–water partition coefficient (Wildman–Crippen LogP) is 4.08. The summed E-state index contributed by atoms with van der Waals surface area (Å²) in [4.78, 5) is 0. The van der Waals surface area contributed by atoms with Gasteiger partial charge in [-0.25, -0.2) is 0 Å². The highest BCUT2D eigenvalue weighted by atomic mass is 14.9. The van der Waals surface area contributed by atoms with Gasteiger partial charge in [-0.05, 0) is 61.8 Å². The molecule has 2 aliphatic carbocycles. The summed E-state index contributed by atoms with van der Waals surface area (Å²) in [6.45, 7) is 10.6. The van der Waals surface area contributed by atoms with Crippen LogP contribution in [0.2, 0.25) is 0 Å². The van der Waals surface area contributed by atoms with Gasteiger partial charge in [-0.3, -0.25) is 0 Å². The van der Waals surface area contributed by atoms with E-state index in [0.717, 1.165) is 29.6 Å². The zero-order chi connectivity index (χ0) is 12.4. The van der Waals surface area contributed by atoms with E-state index in [9.17, 15) is 0 Å². The Labute approximate surface area is 108 Å². The van der Waals surface area contributed by atoms with Crippen LogP contribution in [-0.4, -0.2) is 12.6 Å². The normalized spacial score (nSPS) is 33.9. The SMILES string of the molecule is CC(C)CC(CNC(C)C)C1CC2CCC1C2. The summed E-state index contributed by atoms with van der Waals surface area (Å²) in [7, 11) is 0. The van der Waals surface area contributed by atoms with Crippen molar-refractivity contribution in [3.63, 3.8) is 0 Å². The number of nitrogens with one attached hydrogen (secondary N) is 1. The molecule has 0 spiro atoms. The van der Waals surface area contributed by atoms with Crippen molar-refractivity contribution in [1.82, 2.24) is 5.32 Å².